The highest BCUT2D eigenvalue weighted by atomic mass is 19.4. The summed E-state index contributed by atoms with van der Waals surface area (Å²) in [6.45, 7) is 1.45. The summed E-state index contributed by atoms with van der Waals surface area (Å²) in [7, 11) is 0. The van der Waals surface area contributed by atoms with Gasteiger partial charge in [0.1, 0.15) is 0 Å². The standard InChI is InChI=1S/C10H10F3N/c11-10(12,13)4-7-1-2-8-5-14-6-9(8)3-7/h1-3,14H,4-6H2. The van der Waals surface area contributed by atoms with Crippen LogP contribution in [-0.4, -0.2) is 6.18 Å². The van der Waals surface area contributed by atoms with E-state index in [1.54, 1.807) is 18.2 Å². The van der Waals surface area contributed by atoms with Crippen molar-refractivity contribution in [2.24, 2.45) is 0 Å². The summed E-state index contributed by atoms with van der Waals surface area (Å²) in [5.74, 6) is 0. The Morgan fingerprint density at radius 2 is 1.86 bits per heavy atom. The number of hydrogen-bond donors (Lipinski definition) is 1. The molecule has 0 spiro atoms. The molecule has 0 bridgehead atoms. The molecule has 76 valence electrons. The number of hydrogen-bond acceptors (Lipinski definition) is 1. The molecule has 1 aliphatic rings. The molecule has 4 heteroatoms. The number of rotatable bonds is 1. The van der Waals surface area contributed by atoms with E-state index in [9.17, 15) is 13.2 Å². The van der Waals surface area contributed by atoms with Crippen LogP contribution in [0.3, 0.4) is 0 Å². The van der Waals surface area contributed by atoms with Crippen molar-refractivity contribution < 1.29 is 13.2 Å². The van der Waals surface area contributed by atoms with E-state index < -0.39 is 12.6 Å². The van der Waals surface area contributed by atoms with Gasteiger partial charge in [-0.2, -0.15) is 13.2 Å². The van der Waals surface area contributed by atoms with Gasteiger partial charge >= 0.3 is 6.18 Å². The van der Waals surface area contributed by atoms with Crippen LogP contribution in [0.4, 0.5) is 13.2 Å². The first-order chi connectivity index (χ1) is 6.54. The fraction of sp³-hybridized carbons (Fsp3) is 0.400. The van der Waals surface area contributed by atoms with Crippen molar-refractivity contribution in [2.75, 3.05) is 0 Å². The van der Waals surface area contributed by atoms with Gasteiger partial charge in [0.2, 0.25) is 0 Å². The molecule has 2 rings (SSSR count). The summed E-state index contributed by atoms with van der Waals surface area (Å²) < 4.78 is 36.2. The minimum atomic E-state index is -4.11. The van der Waals surface area contributed by atoms with Crippen molar-refractivity contribution >= 4 is 0 Å². The van der Waals surface area contributed by atoms with E-state index in [2.05, 4.69) is 5.32 Å². The minimum Gasteiger partial charge on any atom is -0.309 e. The zero-order valence-electron chi connectivity index (χ0n) is 7.49. The van der Waals surface area contributed by atoms with Crippen LogP contribution in [0, 0.1) is 0 Å². The molecular weight excluding hydrogens is 191 g/mol. The Bertz CT molecular complexity index is 344. The van der Waals surface area contributed by atoms with Gasteiger partial charge in [-0.1, -0.05) is 18.2 Å². The van der Waals surface area contributed by atoms with Gasteiger partial charge in [-0.05, 0) is 16.7 Å². The summed E-state index contributed by atoms with van der Waals surface area (Å²) in [4.78, 5) is 0. The maximum Gasteiger partial charge on any atom is 0.393 e. The van der Waals surface area contributed by atoms with Gasteiger partial charge in [0.05, 0.1) is 6.42 Å². The number of fused-ring (bicyclic) bond motifs is 1. The van der Waals surface area contributed by atoms with Crippen molar-refractivity contribution in [2.45, 2.75) is 25.7 Å². The third-order valence-electron chi connectivity index (χ3n) is 2.31. The van der Waals surface area contributed by atoms with Gasteiger partial charge in [-0.3, -0.25) is 0 Å². The van der Waals surface area contributed by atoms with Crippen LogP contribution in [0.15, 0.2) is 18.2 Å². The van der Waals surface area contributed by atoms with E-state index in [-0.39, 0.29) is 0 Å². The molecule has 1 nitrogen and oxygen atoms in total. The maximum absolute atomic E-state index is 12.1. The quantitative estimate of drug-likeness (QED) is 0.735. The lowest BCUT2D eigenvalue weighted by Gasteiger charge is -2.07. The van der Waals surface area contributed by atoms with Gasteiger partial charge in [0.15, 0.2) is 0 Å². The largest absolute Gasteiger partial charge is 0.393 e. The SMILES string of the molecule is FC(F)(F)Cc1ccc2c(c1)CNC2. The fourth-order valence-electron chi connectivity index (χ4n) is 1.69. The summed E-state index contributed by atoms with van der Waals surface area (Å²) in [5, 5.41) is 3.10. The zero-order valence-corrected chi connectivity index (χ0v) is 7.49. The highest BCUT2D eigenvalue weighted by Crippen LogP contribution is 2.24. The van der Waals surface area contributed by atoms with Crippen LogP contribution >= 0.6 is 0 Å². The van der Waals surface area contributed by atoms with E-state index in [1.165, 1.54) is 0 Å². The van der Waals surface area contributed by atoms with Crippen LogP contribution in [0.2, 0.25) is 0 Å². The first kappa shape index (κ1) is 9.52. The van der Waals surface area contributed by atoms with Crippen LogP contribution in [0.25, 0.3) is 0 Å². The predicted molar refractivity (Wildman–Crippen MR) is 46.7 cm³/mol. The van der Waals surface area contributed by atoms with Gasteiger partial charge in [0.25, 0.3) is 0 Å². The Balaban J connectivity index is 2.21. The minimum absolute atomic E-state index is 0.347. The lowest BCUT2D eigenvalue weighted by Crippen LogP contribution is -2.11. The molecule has 1 aromatic carbocycles. The zero-order chi connectivity index (χ0) is 10.2. The molecule has 14 heavy (non-hydrogen) atoms. The van der Waals surface area contributed by atoms with Crippen LogP contribution in [-0.2, 0) is 19.5 Å². The number of alkyl halides is 3. The Labute approximate surface area is 79.9 Å². The normalized spacial score (nSPS) is 15.6. The molecule has 1 N–H and O–H groups in total. The molecule has 0 saturated heterocycles. The molecule has 0 aliphatic carbocycles. The van der Waals surface area contributed by atoms with E-state index in [1.807, 2.05) is 0 Å². The number of halogens is 3. The summed E-state index contributed by atoms with van der Waals surface area (Å²) in [5.41, 5.74) is 2.45. The molecule has 1 heterocycles. The van der Waals surface area contributed by atoms with Gasteiger partial charge in [0, 0.05) is 13.1 Å². The van der Waals surface area contributed by atoms with E-state index >= 15 is 0 Å². The van der Waals surface area contributed by atoms with E-state index in [0.29, 0.717) is 12.1 Å². The smallest absolute Gasteiger partial charge is 0.309 e. The lowest BCUT2D eigenvalue weighted by molar-refractivity contribution is -0.127. The van der Waals surface area contributed by atoms with Crippen molar-refractivity contribution in [3.05, 3.63) is 34.9 Å². The average molecular weight is 201 g/mol. The van der Waals surface area contributed by atoms with Crippen molar-refractivity contribution in [1.82, 2.24) is 5.32 Å². The van der Waals surface area contributed by atoms with Gasteiger partial charge in [-0.25, -0.2) is 0 Å². The van der Waals surface area contributed by atoms with Crippen LogP contribution in [0.5, 0.6) is 0 Å². The molecule has 0 fully saturated rings. The molecule has 0 radical (unpaired) electrons. The Morgan fingerprint density at radius 3 is 2.57 bits per heavy atom. The molecule has 0 aromatic heterocycles. The average Bonchev–Trinajstić information content (AvgIpc) is 2.47. The van der Waals surface area contributed by atoms with Crippen molar-refractivity contribution in [3.8, 4) is 0 Å². The fourth-order valence-corrected chi connectivity index (χ4v) is 1.69. The molecular formula is C10H10F3N. The third kappa shape index (κ3) is 2.07. The second-order valence-electron chi connectivity index (χ2n) is 3.50. The molecule has 0 amide bonds. The Morgan fingerprint density at radius 1 is 1.14 bits per heavy atom. The highest BCUT2D eigenvalue weighted by Gasteiger charge is 2.27. The van der Waals surface area contributed by atoms with Crippen LogP contribution in [0.1, 0.15) is 16.7 Å². The monoisotopic (exact) mass is 201 g/mol. The second-order valence-corrected chi connectivity index (χ2v) is 3.50. The summed E-state index contributed by atoms with van der Waals surface area (Å²) >= 11 is 0. The third-order valence-corrected chi connectivity index (χ3v) is 2.31. The number of nitrogens with one attached hydrogen (secondary N) is 1. The molecule has 1 aliphatic heterocycles. The van der Waals surface area contributed by atoms with E-state index in [4.69, 9.17) is 0 Å². The van der Waals surface area contributed by atoms with Crippen LogP contribution < -0.4 is 5.32 Å². The first-order valence-corrected chi connectivity index (χ1v) is 4.43. The Kier molecular flexibility index (Phi) is 2.23. The molecule has 1 aromatic rings. The topological polar surface area (TPSA) is 12.0 Å². The lowest BCUT2D eigenvalue weighted by atomic mass is 10.0. The van der Waals surface area contributed by atoms with Gasteiger partial charge < -0.3 is 5.32 Å². The predicted octanol–water partition coefficient (Wildman–Crippen LogP) is 2.39. The van der Waals surface area contributed by atoms with Crippen molar-refractivity contribution in [3.63, 3.8) is 0 Å². The molecule has 0 saturated carbocycles. The number of benzene rings is 1. The van der Waals surface area contributed by atoms with Crippen molar-refractivity contribution in [1.29, 1.82) is 0 Å². The van der Waals surface area contributed by atoms with E-state index in [0.717, 1.165) is 17.7 Å². The summed E-state index contributed by atoms with van der Waals surface area (Å²) in [6.07, 6.45) is -4.94. The highest BCUT2D eigenvalue weighted by molar-refractivity contribution is 5.34. The van der Waals surface area contributed by atoms with Gasteiger partial charge in [-0.15, -0.1) is 0 Å². The maximum atomic E-state index is 12.1. The first-order valence-electron chi connectivity index (χ1n) is 4.43. The molecule has 0 atom stereocenters. The molecule has 0 unspecified atom stereocenters. The summed E-state index contributed by atoms with van der Waals surface area (Å²) in [6, 6.07) is 4.97. The second kappa shape index (κ2) is 3.28. The Hall–Kier alpha value is -1.03.